The molecule has 0 unspecified atom stereocenters. The van der Waals surface area contributed by atoms with Crippen molar-refractivity contribution in [3.05, 3.63) is 12.2 Å². The smallest absolute Gasteiger partial charge is 0.328 e. The molecule has 19 heavy (non-hydrogen) atoms. The molecule has 1 aliphatic heterocycles. The van der Waals surface area contributed by atoms with Crippen LogP contribution in [0.15, 0.2) is 12.2 Å². The molecule has 1 amide bonds. The van der Waals surface area contributed by atoms with Gasteiger partial charge in [-0.05, 0) is 0 Å². The molecule has 0 aromatic rings. The Morgan fingerprint density at radius 2 is 1.74 bits per heavy atom. The third-order valence-electron chi connectivity index (χ3n) is 2.75. The molecule has 1 heterocycles. The Hall–Kier alpha value is -2.42. The second-order valence-electron chi connectivity index (χ2n) is 4.16. The average Bonchev–Trinajstić information content (AvgIpc) is 2.66. The van der Waals surface area contributed by atoms with E-state index >= 15 is 0 Å². The maximum Gasteiger partial charge on any atom is 0.328 e. The van der Waals surface area contributed by atoms with Gasteiger partial charge in [-0.25, -0.2) is 9.59 Å². The highest BCUT2D eigenvalue weighted by atomic mass is 16.4. The van der Waals surface area contributed by atoms with Crippen molar-refractivity contribution in [3.8, 4) is 0 Å². The summed E-state index contributed by atoms with van der Waals surface area (Å²) >= 11 is 0. The lowest BCUT2D eigenvalue weighted by Gasteiger charge is -2.20. The zero-order chi connectivity index (χ0) is 14.8. The lowest BCUT2D eigenvalue weighted by Crippen LogP contribution is -2.50. The first-order valence-electron chi connectivity index (χ1n) is 5.14. The largest absolute Gasteiger partial charge is 0.480 e. The third kappa shape index (κ3) is 3.07. The van der Waals surface area contributed by atoms with E-state index in [2.05, 4.69) is 0 Å². The Morgan fingerprint density at radius 3 is 2.16 bits per heavy atom. The van der Waals surface area contributed by atoms with Crippen LogP contribution in [0.3, 0.4) is 0 Å². The molecule has 1 saturated heterocycles. The van der Waals surface area contributed by atoms with Gasteiger partial charge in [-0.3, -0.25) is 9.59 Å². The molecule has 0 saturated carbocycles. The van der Waals surface area contributed by atoms with E-state index in [-0.39, 0.29) is 0 Å². The van der Waals surface area contributed by atoms with Crippen LogP contribution < -0.4 is 5.73 Å². The van der Waals surface area contributed by atoms with Crippen LogP contribution in [-0.2, 0) is 19.2 Å². The number of amides is 1. The summed E-state index contributed by atoms with van der Waals surface area (Å²) in [7, 11) is 0. The number of aliphatic carboxylic acids is 3. The van der Waals surface area contributed by atoms with Crippen LogP contribution >= 0.6 is 0 Å². The Balaban J connectivity index is 2.98. The van der Waals surface area contributed by atoms with E-state index in [9.17, 15) is 19.2 Å². The summed E-state index contributed by atoms with van der Waals surface area (Å²) in [6.07, 6.45) is 0.759. The predicted octanol–water partition coefficient (Wildman–Crippen LogP) is -1.91. The predicted molar refractivity (Wildman–Crippen MR) is 59.1 cm³/mol. The topological polar surface area (TPSA) is 158 Å². The van der Waals surface area contributed by atoms with Gasteiger partial charge in [0, 0.05) is 18.6 Å². The summed E-state index contributed by atoms with van der Waals surface area (Å²) in [6, 6.07) is -1.40. The van der Waals surface area contributed by atoms with Gasteiger partial charge >= 0.3 is 17.9 Å². The minimum Gasteiger partial charge on any atom is -0.480 e. The maximum atomic E-state index is 11.6. The standard InChI is InChI=1S/C10H12N2O7/c11-10(9(18)19)3-5(8(16)17)12(4-10)6(13)1-2-7(14)15/h1-2,5H,3-4,11H2,(H,14,15)(H,16,17)(H,18,19)/t5-,10+/m0/s1. The van der Waals surface area contributed by atoms with Gasteiger partial charge in [0.1, 0.15) is 11.6 Å². The molecule has 1 aliphatic rings. The maximum absolute atomic E-state index is 11.6. The molecule has 9 nitrogen and oxygen atoms in total. The molecule has 1 rings (SSSR count). The van der Waals surface area contributed by atoms with Gasteiger partial charge in [0.15, 0.2) is 0 Å². The number of carboxylic acids is 3. The second kappa shape index (κ2) is 5.06. The van der Waals surface area contributed by atoms with Crippen LogP contribution in [0.25, 0.3) is 0 Å². The lowest BCUT2D eigenvalue weighted by atomic mass is 9.98. The first-order valence-corrected chi connectivity index (χ1v) is 5.14. The fraction of sp³-hybridized carbons (Fsp3) is 0.400. The number of hydrogen-bond acceptors (Lipinski definition) is 5. The van der Waals surface area contributed by atoms with Gasteiger partial charge in [0.2, 0.25) is 5.91 Å². The van der Waals surface area contributed by atoms with Gasteiger partial charge in [0.05, 0.1) is 6.54 Å². The summed E-state index contributed by atoms with van der Waals surface area (Å²) in [4.78, 5) is 44.6. The molecule has 0 bridgehead atoms. The van der Waals surface area contributed by atoms with Crippen molar-refractivity contribution < 1.29 is 34.5 Å². The molecule has 104 valence electrons. The zero-order valence-corrected chi connectivity index (χ0v) is 9.65. The summed E-state index contributed by atoms with van der Waals surface area (Å²) in [5.41, 5.74) is 3.67. The number of nitrogens with two attached hydrogens (primary N) is 1. The van der Waals surface area contributed by atoms with E-state index in [1.165, 1.54) is 0 Å². The molecule has 2 atom stereocenters. The van der Waals surface area contributed by atoms with Crippen molar-refractivity contribution in [2.75, 3.05) is 6.54 Å². The number of rotatable bonds is 4. The highest BCUT2D eigenvalue weighted by Gasteiger charge is 2.50. The normalized spacial score (nSPS) is 26.6. The van der Waals surface area contributed by atoms with Crippen LogP contribution in [-0.4, -0.2) is 62.2 Å². The van der Waals surface area contributed by atoms with Crippen LogP contribution in [0, 0.1) is 0 Å². The highest BCUT2D eigenvalue weighted by molar-refractivity contribution is 5.97. The first-order chi connectivity index (χ1) is 8.67. The molecular weight excluding hydrogens is 260 g/mol. The van der Waals surface area contributed by atoms with Crippen molar-refractivity contribution >= 4 is 23.8 Å². The summed E-state index contributed by atoms with van der Waals surface area (Å²) in [6.45, 7) is -0.498. The first kappa shape index (κ1) is 14.6. The van der Waals surface area contributed by atoms with E-state index in [1.807, 2.05) is 0 Å². The lowest BCUT2D eigenvalue weighted by molar-refractivity contribution is -0.146. The molecule has 0 spiro atoms. The Kier molecular flexibility index (Phi) is 3.90. The number of carboxylic acid groups (broad SMARTS) is 3. The second-order valence-corrected chi connectivity index (χ2v) is 4.16. The Labute approximate surface area is 106 Å². The Morgan fingerprint density at radius 1 is 1.16 bits per heavy atom. The minimum atomic E-state index is -1.85. The van der Waals surface area contributed by atoms with E-state index in [0.717, 1.165) is 4.90 Å². The third-order valence-corrected chi connectivity index (χ3v) is 2.75. The van der Waals surface area contributed by atoms with Crippen LogP contribution in [0.4, 0.5) is 0 Å². The minimum absolute atomic E-state index is 0.440. The molecule has 9 heteroatoms. The van der Waals surface area contributed by atoms with Crippen molar-refractivity contribution in [1.29, 1.82) is 0 Å². The SMILES string of the molecule is N[C@]1(C(=O)O)C[C@@H](C(=O)O)N(C(=O)C=CC(=O)O)C1. The van der Waals surface area contributed by atoms with E-state index in [1.54, 1.807) is 0 Å². The quantitative estimate of drug-likeness (QED) is 0.432. The van der Waals surface area contributed by atoms with Crippen molar-refractivity contribution in [1.82, 2.24) is 4.90 Å². The van der Waals surface area contributed by atoms with Crippen LogP contribution in [0.1, 0.15) is 6.42 Å². The fourth-order valence-corrected chi connectivity index (χ4v) is 1.78. The summed E-state index contributed by atoms with van der Waals surface area (Å²) < 4.78 is 0. The van der Waals surface area contributed by atoms with E-state index in [4.69, 9.17) is 21.1 Å². The molecule has 5 N–H and O–H groups in total. The molecule has 1 fully saturated rings. The molecule has 0 aromatic carbocycles. The number of nitrogens with zero attached hydrogens (tertiary/aromatic N) is 1. The average molecular weight is 272 g/mol. The van der Waals surface area contributed by atoms with Crippen molar-refractivity contribution in [2.45, 2.75) is 18.0 Å². The molecular formula is C10H12N2O7. The fourth-order valence-electron chi connectivity index (χ4n) is 1.78. The summed E-state index contributed by atoms with van der Waals surface area (Å²) in [5, 5.41) is 26.2. The van der Waals surface area contributed by atoms with Crippen molar-refractivity contribution in [2.24, 2.45) is 5.73 Å². The van der Waals surface area contributed by atoms with Gasteiger partial charge in [-0.2, -0.15) is 0 Å². The number of hydrogen-bond donors (Lipinski definition) is 4. The number of carbonyl (C=O) groups excluding carboxylic acids is 1. The van der Waals surface area contributed by atoms with Crippen LogP contribution in [0.5, 0.6) is 0 Å². The van der Waals surface area contributed by atoms with Crippen molar-refractivity contribution in [3.63, 3.8) is 0 Å². The Bertz CT molecular complexity index is 472. The zero-order valence-electron chi connectivity index (χ0n) is 9.65. The highest BCUT2D eigenvalue weighted by Crippen LogP contribution is 2.26. The van der Waals surface area contributed by atoms with Crippen LogP contribution in [0.2, 0.25) is 0 Å². The van der Waals surface area contributed by atoms with Gasteiger partial charge in [-0.15, -0.1) is 0 Å². The monoisotopic (exact) mass is 272 g/mol. The summed E-state index contributed by atoms with van der Waals surface area (Å²) in [5.74, 6) is -5.11. The number of carbonyl (C=O) groups is 4. The molecule has 0 aliphatic carbocycles. The number of likely N-dealkylation sites (tertiary alicyclic amines) is 1. The molecule has 0 radical (unpaired) electrons. The van der Waals surface area contributed by atoms with E-state index < -0.39 is 48.4 Å². The van der Waals surface area contributed by atoms with Gasteiger partial charge in [-0.1, -0.05) is 0 Å². The van der Waals surface area contributed by atoms with E-state index in [0.29, 0.717) is 12.2 Å². The van der Waals surface area contributed by atoms with Gasteiger partial charge in [0.25, 0.3) is 0 Å². The van der Waals surface area contributed by atoms with Gasteiger partial charge < -0.3 is 26.0 Å². The molecule has 0 aromatic heterocycles.